The second-order valence-corrected chi connectivity index (χ2v) is 13.8. The Morgan fingerprint density at radius 3 is 2.06 bits per heavy atom. The molecule has 0 amide bonds. The molecule has 2 heterocycles. The summed E-state index contributed by atoms with van der Waals surface area (Å²) in [5, 5.41) is 10.7. The summed E-state index contributed by atoms with van der Waals surface area (Å²) >= 11 is 0. The molecule has 1 N–H and O–H groups in total. The molecule has 10 rings (SSSR count). The molecule has 3 aliphatic rings. The van der Waals surface area contributed by atoms with Crippen molar-refractivity contribution in [2.45, 2.75) is 25.3 Å². The van der Waals surface area contributed by atoms with E-state index >= 15 is 0 Å². The number of fused-ring (bicyclic) bond motifs is 7. The minimum atomic E-state index is -0.181. The van der Waals surface area contributed by atoms with Crippen LogP contribution in [0.15, 0.2) is 157 Å². The normalized spacial score (nSPS) is 17.6. The Balaban J connectivity index is 1.17. The standard InChI is InChI=1S/C47H34N4/c1-47-25-11-10-14-35(47)26-34(29-48-47)30-21-23-31(24-22-30)44-49-45(42-27-32-12-2-4-15-36(32)38-17-6-8-19-40(38)42)51-46(50-44)43-28-33-13-3-5-16-37(33)39-18-7-9-20-41(39)43/h2-4,6-15,17-29,48H,5,16H2,1H3. The number of allylic oxidation sites excluding steroid dienone is 5. The zero-order valence-electron chi connectivity index (χ0n) is 28.3. The summed E-state index contributed by atoms with van der Waals surface area (Å²) in [7, 11) is 0. The van der Waals surface area contributed by atoms with Crippen LogP contribution in [0.3, 0.4) is 0 Å². The van der Waals surface area contributed by atoms with Crippen LogP contribution < -0.4 is 5.32 Å². The number of hydrogen-bond acceptors (Lipinski definition) is 4. The van der Waals surface area contributed by atoms with E-state index in [0.29, 0.717) is 17.5 Å². The number of benzene rings is 6. The summed E-state index contributed by atoms with van der Waals surface area (Å²) in [6, 6.07) is 38.9. The lowest BCUT2D eigenvalue weighted by Gasteiger charge is -2.34. The first-order valence-electron chi connectivity index (χ1n) is 17.7. The van der Waals surface area contributed by atoms with Gasteiger partial charge in [-0.1, -0.05) is 134 Å². The lowest BCUT2D eigenvalue weighted by Crippen LogP contribution is -2.41. The van der Waals surface area contributed by atoms with E-state index in [4.69, 9.17) is 15.0 Å². The van der Waals surface area contributed by atoms with Crippen molar-refractivity contribution in [3.63, 3.8) is 0 Å². The molecule has 7 aromatic rings. The molecule has 242 valence electrons. The summed E-state index contributed by atoms with van der Waals surface area (Å²) in [4.78, 5) is 15.8. The smallest absolute Gasteiger partial charge is 0.164 e. The molecule has 0 saturated heterocycles. The molecule has 4 nitrogen and oxygen atoms in total. The Morgan fingerprint density at radius 1 is 0.608 bits per heavy atom. The van der Waals surface area contributed by atoms with Crippen LogP contribution in [-0.2, 0) is 6.42 Å². The number of nitrogens with one attached hydrogen (secondary N) is 1. The van der Waals surface area contributed by atoms with Gasteiger partial charge in [-0.05, 0) is 98.1 Å². The number of hydrogen-bond donors (Lipinski definition) is 1. The van der Waals surface area contributed by atoms with Crippen LogP contribution in [0.5, 0.6) is 0 Å². The zero-order valence-corrected chi connectivity index (χ0v) is 28.3. The van der Waals surface area contributed by atoms with Crippen LogP contribution in [0, 0.1) is 0 Å². The highest BCUT2D eigenvalue weighted by Gasteiger charge is 2.28. The average molecular weight is 655 g/mol. The summed E-state index contributed by atoms with van der Waals surface area (Å²) in [6.45, 7) is 2.20. The molecule has 1 unspecified atom stereocenters. The zero-order chi connectivity index (χ0) is 33.9. The highest BCUT2D eigenvalue weighted by Crippen LogP contribution is 2.39. The molecule has 0 spiro atoms. The van der Waals surface area contributed by atoms with Crippen molar-refractivity contribution >= 4 is 44.0 Å². The molecule has 6 aromatic carbocycles. The van der Waals surface area contributed by atoms with Crippen molar-refractivity contribution in [2.75, 3.05) is 0 Å². The van der Waals surface area contributed by atoms with E-state index in [0.717, 1.165) is 56.8 Å². The molecule has 0 saturated carbocycles. The minimum absolute atomic E-state index is 0.181. The third kappa shape index (κ3) is 4.94. The van der Waals surface area contributed by atoms with Gasteiger partial charge >= 0.3 is 0 Å². The van der Waals surface area contributed by atoms with Crippen LogP contribution in [0.25, 0.3) is 78.1 Å². The van der Waals surface area contributed by atoms with E-state index in [1.807, 2.05) is 0 Å². The van der Waals surface area contributed by atoms with Crippen molar-refractivity contribution in [2.24, 2.45) is 0 Å². The molecule has 4 heteroatoms. The SMILES string of the molecule is CC12C=CC=CC1=CC(c1ccc(-c3nc(-c4cc5c(c6ccccc46)CCC=C5)nc(-c4cc5ccccc5c5ccccc45)n3)cc1)=CN2. The fourth-order valence-electron chi connectivity index (χ4n) is 7.91. The molecule has 0 fully saturated rings. The fraction of sp³-hybridized carbons (Fsp3) is 0.0851. The maximum Gasteiger partial charge on any atom is 0.164 e. The largest absolute Gasteiger partial charge is 0.378 e. The third-order valence-electron chi connectivity index (χ3n) is 10.7. The molecule has 51 heavy (non-hydrogen) atoms. The van der Waals surface area contributed by atoms with E-state index in [1.54, 1.807) is 0 Å². The second-order valence-electron chi connectivity index (χ2n) is 13.8. The van der Waals surface area contributed by atoms with Crippen LogP contribution in [0.1, 0.15) is 30.0 Å². The van der Waals surface area contributed by atoms with Gasteiger partial charge < -0.3 is 5.32 Å². The predicted molar refractivity (Wildman–Crippen MR) is 212 cm³/mol. The molecular weight excluding hydrogens is 621 g/mol. The van der Waals surface area contributed by atoms with Crippen LogP contribution in [-0.4, -0.2) is 20.5 Å². The molecule has 0 radical (unpaired) electrons. The van der Waals surface area contributed by atoms with Crippen LogP contribution >= 0.6 is 0 Å². The molecular formula is C47H34N4. The molecule has 2 aliphatic carbocycles. The average Bonchev–Trinajstić information content (AvgIpc) is 3.20. The maximum atomic E-state index is 5.31. The van der Waals surface area contributed by atoms with Gasteiger partial charge in [-0.25, -0.2) is 15.0 Å². The summed E-state index contributed by atoms with van der Waals surface area (Å²) in [5.41, 5.74) is 8.92. The minimum Gasteiger partial charge on any atom is -0.378 e. The quantitative estimate of drug-likeness (QED) is 0.192. The second kappa shape index (κ2) is 11.6. The molecule has 1 atom stereocenters. The Morgan fingerprint density at radius 2 is 1.25 bits per heavy atom. The number of rotatable bonds is 4. The number of dihydropyridines is 1. The van der Waals surface area contributed by atoms with Gasteiger partial charge in [-0.3, -0.25) is 0 Å². The maximum absolute atomic E-state index is 5.31. The van der Waals surface area contributed by atoms with Crippen LogP contribution in [0.2, 0.25) is 0 Å². The summed E-state index contributed by atoms with van der Waals surface area (Å²) in [5.74, 6) is 1.99. The third-order valence-corrected chi connectivity index (χ3v) is 10.7. The lowest BCUT2D eigenvalue weighted by atomic mass is 9.83. The molecule has 1 aromatic heterocycles. The monoisotopic (exact) mass is 654 g/mol. The van der Waals surface area contributed by atoms with E-state index in [-0.39, 0.29) is 5.54 Å². The summed E-state index contributed by atoms with van der Waals surface area (Å²) < 4.78 is 0. The van der Waals surface area contributed by atoms with E-state index < -0.39 is 0 Å². The van der Waals surface area contributed by atoms with E-state index in [9.17, 15) is 0 Å². The Kier molecular flexibility index (Phi) is 6.72. The van der Waals surface area contributed by atoms with Gasteiger partial charge in [0.1, 0.15) is 0 Å². The van der Waals surface area contributed by atoms with Crippen molar-refractivity contribution < 1.29 is 0 Å². The van der Waals surface area contributed by atoms with Gasteiger partial charge in [-0.15, -0.1) is 0 Å². The van der Waals surface area contributed by atoms with Crippen molar-refractivity contribution in [1.29, 1.82) is 0 Å². The van der Waals surface area contributed by atoms with Gasteiger partial charge in [0.2, 0.25) is 0 Å². The van der Waals surface area contributed by atoms with E-state index in [1.165, 1.54) is 32.9 Å². The van der Waals surface area contributed by atoms with Gasteiger partial charge in [0.05, 0.1) is 5.54 Å². The Labute approximate surface area is 297 Å². The van der Waals surface area contributed by atoms with Gasteiger partial charge in [0.25, 0.3) is 0 Å². The topological polar surface area (TPSA) is 50.7 Å². The van der Waals surface area contributed by atoms with Crippen molar-refractivity contribution in [1.82, 2.24) is 20.3 Å². The Hall–Kier alpha value is -6.39. The van der Waals surface area contributed by atoms with Crippen molar-refractivity contribution in [3.8, 4) is 34.2 Å². The summed E-state index contributed by atoms with van der Waals surface area (Å²) in [6.07, 6.45) is 19.6. The van der Waals surface area contributed by atoms with Crippen molar-refractivity contribution in [3.05, 3.63) is 174 Å². The number of aryl methyl sites for hydroxylation is 1. The number of aromatic nitrogens is 3. The first-order valence-corrected chi connectivity index (χ1v) is 17.7. The predicted octanol–water partition coefficient (Wildman–Crippen LogP) is 11.0. The van der Waals surface area contributed by atoms with Gasteiger partial charge in [0, 0.05) is 22.9 Å². The molecule has 1 aliphatic heterocycles. The first kappa shape index (κ1) is 29.5. The highest BCUT2D eigenvalue weighted by atomic mass is 15.0. The number of nitrogens with zero attached hydrogens (tertiary/aromatic N) is 3. The Bertz CT molecular complexity index is 2730. The molecule has 0 bridgehead atoms. The first-order chi connectivity index (χ1) is 25.1. The van der Waals surface area contributed by atoms with E-state index in [2.05, 4.69) is 170 Å². The fourth-order valence-corrected chi connectivity index (χ4v) is 7.91. The highest BCUT2D eigenvalue weighted by molar-refractivity contribution is 6.13. The van der Waals surface area contributed by atoms with Gasteiger partial charge in [-0.2, -0.15) is 0 Å². The van der Waals surface area contributed by atoms with Gasteiger partial charge in [0.15, 0.2) is 17.5 Å². The lowest BCUT2D eigenvalue weighted by molar-refractivity contribution is 0.586. The van der Waals surface area contributed by atoms with Crippen LogP contribution in [0.4, 0.5) is 0 Å².